The highest BCUT2D eigenvalue weighted by Gasteiger charge is 2.37. The van der Waals surface area contributed by atoms with E-state index in [-0.39, 0.29) is 12.2 Å². The van der Waals surface area contributed by atoms with Gasteiger partial charge in [0.2, 0.25) is 0 Å². The number of nitrogens with two attached hydrogens (primary N) is 1. The Balaban J connectivity index is 1.29. The molecule has 2 aliphatic heterocycles. The number of fused-ring (bicyclic) bond motifs is 1. The maximum absolute atomic E-state index is 13.0. The fourth-order valence-corrected chi connectivity index (χ4v) is 6.28. The number of hydrogen-bond donors (Lipinski definition) is 2. The molecule has 12 nitrogen and oxygen atoms in total. The molecule has 0 saturated carbocycles. The summed E-state index contributed by atoms with van der Waals surface area (Å²) < 4.78 is 11.3. The predicted octanol–water partition coefficient (Wildman–Crippen LogP) is 7.09. The van der Waals surface area contributed by atoms with Crippen molar-refractivity contribution in [3.63, 3.8) is 0 Å². The van der Waals surface area contributed by atoms with Crippen LogP contribution < -0.4 is 11.1 Å². The molecule has 0 radical (unpaired) electrons. The topological polar surface area (TPSA) is 128 Å². The third-order valence-electron chi connectivity index (χ3n) is 8.73. The van der Waals surface area contributed by atoms with Crippen LogP contribution >= 0.6 is 0 Å². The number of ether oxygens (including phenoxy) is 2. The van der Waals surface area contributed by atoms with E-state index in [0.29, 0.717) is 18.8 Å². The Morgan fingerprint density at radius 2 is 1.37 bits per heavy atom. The van der Waals surface area contributed by atoms with Crippen LogP contribution in [-0.4, -0.2) is 95.7 Å². The van der Waals surface area contributed by atoms with Crippen LogP contribution in [0.2, 0.25) is 0 Å². The van der Waals surface area contributed by atoms with Gasteiger partial charge in [-0.2, -0.15) is 0 Å². The minimum Gasteiger partial charge on any atom is -0.443 e. The molecule has 2 heterocycles. The first-order chi connectivity index (χ1) is 24.6. The number of aliphatic imine (C=N–C) groups is 2. The fraction of sp³-hybridized carbons (Fsp3) is 0.400. The maximum Gasteiger partial charge on any atom is 0.426 e. The zero-order valence-electron chi connectivity index (χ0n) is 31.6. The second-order valence-electron chi connectivity index (χ2n) is 15.1. The van der Waals surface area contributed by atoms with Crippen molar-refractivity contribution in [3.8, 4) is 11.1 Å². The molecule has 0 bridgehead atoms. The Bertz CT molecular complexity index is 1870. The van der Waals surface area contributed by atoms with Crippen molar-refractivity contribution in [2.24, 2.45) is 15.7 Å². The van der Waals surface area contributed by atoms with Crippen LogP contribution in [0, 0.1) is 0 Å². The Hall–Kier alpha value is -5.20. The van der Waals surface area contributed by atoms with E-state index in [1.165, 1.54) is 6.20 Å². The SMILES string of the molecule is C=N/C=C(\NC1CCN(C)N1C(=O)OC(C)(C)C)c1ccc(-c2ccc3cc(/C(=C/N)N=CC4CCN(C)N4C(=O)OC(C)(C)C)ccc3c2)cc1. The van der Waals surface area contributed by atoms with Crippen LogP contribution in [0.3, 0.4) is 0 Å². The van der Waals surface area contributed by atoms with Crippen LogP contribution in [0.1, 0.15) is 65.5 Å². The van der Waals surface area contributed by atoms with Crippen molar-refractivity contribution in [1.82, 2.24) is 25.4 Å². The molecule has 3 N–H and O–H groups in total. The first-order valence-corrected chi connectivity index (χ1v) is 17.6. The molecule has 5 rings (SSSR count). The van der Waals surface area contributed by atoms with Crippen molar-refractivity contribution < 1.29 is 19.1 Å². The highest BCUT2D eigenvalue weighted by molar-refractivity contribution is 5.91. The lowest BCUT2D eigenvalue weighted by molar-refractivity contribution is -0.0326. The molecule has 2 saturated heterocycles. The van der Waals surface area contributed by atoms with Gasteiger partial charge in [0.25, 0.3) is 0 Å². The summed E-state index contributed by atoms with van der Waals surface area (Å²) in [5.74, 6) is 0. The average molecular weight is 709 g/mol. The zero-order chi connectivity index (χ0) is 37.8. The minimum atomic E-state index is -0.604. The molecule has 2 fully saturated rings. The predicted molar refractivity (Wildman–Crippen MR) is 209 cm³/mol. The summed E-state index contributed by atoms with van der Waals surface area (Å²) in [6, 6.07) is 20.4. The summed E-state index contributed by atoms with van der Waals surface area (Å²) in [5, 5.41) is 12.6. The first-order valence-electron chi connectivity index (χ1n) is 17.6. The highest BCUT2D eigenvalue weighted by Crippen LogP contribution is 2.30. The van der Waals surface area contributed by atoms with Crippen LogP contribution in [-0.2, 0) is 9.47 Å². The van der Waals surface area contributed by atoms with Crippen LogP contribution in [0.4, 0.5) is 9.59 Å². The highest BCUT2D eigenvalue weighted by atomic mass is 16.6. The van der Waals surface area contributed by atoms with Gasteiger partial charge in [0.1, 0.15) is 17.4 Å². The summed E-state index contributed by atoms with van der Waals surface area (Å²) in [5.41, 5.74) is 10.1. The third-order valence-corrected chi connectivity index (χ3v) is 8.73. The molecule has 3 aromatic rings. The monoisotopic (exact) mass is 708 g/mol. The van der Waals surface area contributed by atoms with Crippen molar-refractivity contribution in [3.05, 3.63) is 84.2 Å². The zero-order valence-corrected chi connectivity index (χ0v) is 31.6. The molecule has 3 aromatic carbocycles. The number of hydrogen-bond acceptors (Lipinski definition) is 10. The molecule has 0 aliphatic carbocycles. The lowest BCUT2D eigenvalue weighted by Crippen LogP contribution is -2.50. The van der Waals surface area contributed by atoms with Gasteiger partial charge < -0.3 is 20.5 Å². The van der Waals surface area contributed by atoms with Crippen molar-refractivity contribution in [1.29, 1.82) is 0 Å². The number of amides is 2. The van der Waals surface area contributed by atoms with Crippen molar-refractivity contribution >= 4 is 47.3 Å². The second kappa shape index (κ2) is 15.6. The van der Waals surface area contributed by atoms with Crippen LogP contribution in [0.25, 0.3) is 33.3 Å². The number of rotatable bonds is 8. The van der Waals surface area contributed by atoms with Gasteiger partial charge in [-0.15, -0.1) is 0 Å². The van der Waals surface area contributed by atoms with E-state index in [1.54, 1.807) is 22.4 Å². The first kappa shape index (κ1) is 38.0. The largest absolute Gasteiger partial charge is 0.443 e. The number of hydrazine groups is 2. The molecule has 276 valence electrons. The number of carbonyl (C=O) groups excluding carboxylic acids is 2. The Morgan fingerprint density at radius 3 is 2.00 bits per heavy atom. The van der Waals surface area contributed by atoms with Crippen molar-refractivity contribution in [2.45, 2.75) is 77.8 Å². The van der Waals surface area contributed by atoms with E-state index in [4.69, 9.17) is 20.2 Å². The number of nitrogens with one attached hydrogen (secondary N) is 1. The van der Waals surface area contributed by atoms with Gasteiger partial charge >= 0.3 is 12.2 Å². The molecule has 12 heteroatoms. The van der Waals surface area contributed by atoms with Gasteiger partial charge in [0.15, 0.2) is 0 Å². The van der Waals surface area contributed by atoms with Crippen molar-refractivity contribution in [2.75, 3.05) is 27.2 Å². The summed E-state index contributed by atoms with van der Waals surface area (Å²) >= 11 is 0. The number of carbonyl (C=O) groups is 2. The Labute approximate surface area is 307 Å². The number of nitrogens with zero attached hydrogens (tertiary/aromatic N) is 6. The summed E-state index contributed by atoms with van der Waals surface area (Å²) in [4.78, 5) is 34.6. The van der Waals surface area contributed by atoms with E-state index in [9.17, 15) is 9.59 Å². The van der Waals surface area contributed by atoms with Gasteiger partial charge in [0, 0.05) is 57.8 Å². The Morgan fingerprint density at radius 1 is 0.808 bits per heavy atom. The Kier molecular flexibility index (Phi) is 11.4. The van der Waals surface area contributed by atoms with Crippen LogP contribution in [0.5, 0.6) is 0 Å². The fourth-order valence-electron chi connectivity index (χ4n) is 6.28. The van der Waals surface area contributed by atoms with Gasteiger partial charge in [0.05, 0.1) is 17.4 Å². The van der Waals surface area contributed by atoms with Gasteiger partial charge in [-0.1, -0.05) is 48.5 Å². The van der Waals surface area contributed by atoms with Gasteiger partial charge in [-0.25, -0.2) is 29.6 Å². The summed E-state index contributed by atoms with van der Waals surface area (Å²) in [6.07, 6.45) is 5.30. The van der Waals surface area contributed by atoms with Gasteiger partial charge in [-0.3, -0.25) is 9.98 Å². The van der Waals surface area contributed by atoms with E-state index in [2.05, 4.69) is 59.5 Å². The second-order valence-corrected chi connectivity index (χ2v) is 15.1. The third kappa shape index (κ3) is 9.17. The molecule has 0 aromatic heterocycles. The molecule has 2 amide bonds. The minimum absolute atomic E-state index is 0.240. The molecule has 2 atom stereocenters. The molecule has 2 unspecified atom stereocenters. The van der Waals surface area contributed by atoms with E-state index in [0.717, 1.165) is 51.6 Å². The van der Waals surface area contributed by atoms with E-state index >= 15 is 0 Å². The van der Waals surface area contributed by atoms with Gasteiger partial charge in [-0.05, 0) is 94.3 Å². The standard InChI is InChI=1S/C40H52N8O4/c1-39(2,3)51-37(49)47-33(18-20-45(47)8)25-43-34(24-41)32-17-16-30-22-29(14-15-31(30)23-32)27-10-12-28(13-11-27)35(26-42-7)44-36-19-21-46(9)48(36)38(50)52-40(4,5)6/h10-17,22-26,33,36,44H,7,18-21,41H2,1-6,8-9H3/b34-24-,35-26-,43-25?. The summed E-state index contributed by atoms with van der Waals surface area (Å²) in [7, 11) is 3.74. The molecule has 52 heavy (non-hydrogen) atoms. The van der Waals surface area contributed by atoms with E-state index < -0.39 is 23.4 Å². The molecular weight excluding hydrogens is 656 g/mol. The number of benzene rings is 3. The molecule has 0 spiro atoms. The van der Waals surface area contributed by atoms with Crippen LogP contribution in [0.15, 0.2) is 83.0 Å². The molecule has 2 aliphatic rings. The normalized spacial score (nSPS) is 19.5. The quantitative estimate of drug-likeness (QED) is 0.238. The molecular formula is C40H52N8O4. The lowest BCUT2D eigenvalue weighted by Gasteiger charge is -2.33. The van der Waals surface area contributed by atoms with E-state index in [1.807, 2.05) is 83.9 Å². The summed E-state index contributed by atoms with van der Waals surface area (Å²) in [6.45, 7) is 16.2. The lowest BCUT2D eigenvalue weighted by atomic mass is 9.98. The maximum atomic E-state index is 13.0. The smallest absolute Gasteiger partial charge is 0.426 e. The average Bonchev–Trinajstić information content (AvgIpc) is 3.64.